The molecule has 1 amide bonds. The molecular weight excluding hydrogens is 376 g/mol. The Hall–Kier alpha value is -1.60. The summed E-state index contributed by atoms with van der Waals surface area (Å²) in [5.41, 5.74) is 0.400. The molecular formula is C21H32N2O4S. The fourth-order valence-corrected chi connectivity index (χ4v) is 6.29. The van der Waals surface area contributed by atoms with Crippen LogP contribution in [0.1, 0.15) is 68.6 Å². The van der Waals surface area contributed by atoms with Crippen molar-refractivity contribution in [2.45, 2.75) is 75.3 Å². The van der Waals surface area contributed by atoms with Crippen molar-refractivity contribution in [1.82, 2.24) is 9.21 Å². The minimum absolute atomic E-state index is 0.0484. The van der Waals surface area contributed by atoms with Crippen LogP contribution in [0, 0.1) is 0 Å². The Morgan fingerprint density at radius 3 is 2.43 bits per heavy atom. The van der Waals surface area contributed by atoms with Crippen molar-refractivity contribution >= 4 is 15.9 Å². The highest BCUT2D eigenvalue weighted by atomic mass is 32.2. The fraction of sp³-hybridized carbons (Fsp3) is 0.667. The topological polar surface area (TPSA) is 66.9 Å². The number of benzene rings is 1. The lowest BCUT2D eigenvalue weighted by atomic mass is 9.94. The van der Waals surface area contributed by atoms with Crippen LogP contribution in [0.3, 0.4) is 0 Å². The van der Waals surface area contributed by atoms with Gasteiger partial charge in [-0.25, -0.2) is 8.42 Å². The molecule has 1 unspecified atom stereocenters. The van der Waals surface area contributed by atoms with Gasteiger partial charge in [-0.15, -0.1) is 0 Å². The maximum atomic E-state index is 13.3. The van der Waals surface area contributed by atoms with E-state index in [-0.39, 0.29) is 28.6 Å². The van der Waals surface area contributed by atoms with Gasteiger partial charge < -0.3 is 9.64 Å². The van der Waals surface area contributed by atoms with E-state index in [2.05, 4.69) is 0 Å². The SMILES string of the molecule is COc1ccc(C(=O)N(C)C2CCCCC2)cc1S(=O)(=O)N1CCCCC1C. The number of hydrogen-bond acceptors (Lipinski definition) is 4. The molecule has 0 radical (unpaired) electrons. The monoisotopic (exact) mass is 408 g/mol. The van der Waals surface area contributed by atoms with Gasteiger partial charge in [0.1, 0.15) is 10.6 Å². The first-order valence-electron chi connectivity index (χ1n) is 10.3. The summed E-state index contributed by atoms with van der Waals surface area (Å²) in [6.07, 6.45) is 8.25. The normalized spacial score (nSPS) is 22.0. The molecule has 1 aromatic carbocycles. The Balaban J connectivity index is 1.92. The quantitative estimate of drug-likeness (QED) is 0.746. The highest BCUT2D eigenvalue weighted by Crippen LogP contribution is 2.32. The molecule has 0 bridgehead atoms. The van der Waals surface area contributed by atoms with E-state index < -0.39 is 10.0 Å². The average molecular weight is 409 g/mol. The van der Waals surface area contributed by atoms with Crippen molar-refractivity contribution in [3.05, 3.63) is 23.8 Å². The number of nitrogens with zero attached hydrogens (tertiary/aromatic N) is 2. The van der Waals surface area contributed by atoms with Crippen molar-refractivity contribution in [2.75, 3.05) is 20.7 Å². The second kappa shape index (κ2) is 8.82. The number of amides is 1. The largest absolute Gasteiger partial charge is 0.495 e. The predicted octanol–water partition coefficient (Wildman–Crippen LogP) is 3.66. The van der Waals surface area contributed by atoms with Crippen LogP contribution < -0.4 is 4.74 Å². The highest BCUT2D eigenvalue weighted by molar-refractivity contribution is 7.89. The summed E-state index contributed by atoms with van der Waals surface area (Å²) in [7, 11) is -0.438. The maximum absolute atomic E-state index is 13.3. The van der Waals surface area contributed by atoms with Gasteiger partial charge >= 0.3 is 0 Å². The Bertz CT molecular complexity index is 803. The molecule has 2 aliphatic rings. The van der Waals surface area contributed by atoms with E-state index in [9.17, 15) is 13.2 Å². The van der Waals surface area contributed by atoms with Crippen molar-refractivity contribution in [3.63, 3.8) is 0 Å². The molecule has 1 saturated heterocycles. The van der Waals surface area contributed by atoms with Gasteiger partial charge in [-0.05, 0) is 50.8 Å². The first-order valence-corrected chi connectivity index (χ1v) is 11.8. The smallest absolute Gasteiger partial charge is 0.253 e. The third kappa shape index (κ3) is 4.20. The number of ether oxygens (including phenoxy) is 1. The number of piperidine rings is 1. The third-order valence-corrected chi connectivity index (χ3v) is 8.22. The molecule has 1 heterocycles. The molecule has 156 valence electrons. The van der Waals surface area contributed by atoms with E-state index in [0.717, 1.165) is 44.9 Å². The van der Waals surface area contributed by atoms with Crippen molar-refractivity contribution in [3.8, 4) is 5.75 Å². The van der Waals surface area contributed by atoms with E-state index in [4.69, 9.17) is 4.74 Å². The van der Waals surface area contributed by atoms with Crippen molar-refractivity contribution in [2.24, 2.45) is 0 Å². The number of sulfonamides is 1. The van der Waals surface area contributed by atoms with E-state index in [1.165, 1.54) is 19.6 Å². The molecule has 28 heavy (non-hydrogen) atoms. The fourth-order valence-electron chi connectivity index (χ4n) is 4.40. The molecule has 1 saturated carbocycles. The maximum Gasteiger partial charge on any atom is 0.253 e. The van der Waals surface area contributed by atoms with Gasteiger partial charge in [-0.3, -0.25) is 4.79 Å². The third-order valence-electron chi connectivity index (χ3n) is 6.18. The lowest BCUT2D eigenvalue weighted by Gasteiger charge is -2.33. The van der Waals surface area contributed by atoms with Crippen molar-refractivity contribution < 1.29 is 17.9 Å². The second-order valence-corrected chi connectivity index (χ2v) is 9.89. The van der Waals surface area contributed by atoms with Crippen LogP contribution in [0.5, 0.6) is 5.75 Å². The zero-order valence-corrected chi connectivity index (χ0v) is 18.0. The van der Waals surface area contributed by atoms with Crippen LogP contribution in [0.15, 0.2) is 23.1 Å². The van der Waals surface area contributed by atoms with Gasteiger partial charge in [0.2, 0.25) is 10.0 Å². The number of carbonyl (C=O) groups is 1. The minimum atomic E-state index is -3.72. The van der Waals surface area contributed by atoms with Crippen LogP contribution in [-0.4, -0.2) is 56.3 Å². The molecule has 1 aliphatic carbocycles. The summed E-state index contributed by atoms with van der Waals surface area (Å²) in [4.78, 5) is 14.9. The summed E-state index contributed by atoms with van der Waals surface area (Å²) in [6.45, 7) is 2.45. The summed E-state index contributed by atoms with van der Waals surface area (Å²) in [5, 5.41) is 0. The highest BCUT2D eigenvalue weighted by Gasteiger charge is 2.34. The first-order chi connectivity index (χ1) is 13.4. The van der Waals surface area contributed by atoms with E-state index in [1.807, 2.05) is 14.0 Å². The molecule has 0 aromatic heterocycles. The van der Waals surface area contributed by atoms with Gasteiger partial charge in [0.15, 0.2) is 0 Å². The number of rotatable bonds is 5. The van der Waals surface area contributed by atoms with Crippen LogP contribution in [-0.2, 0) is 10.0 Å². The van der Waals surface area contributed by atoms with Gasteiger partial charge in [0.25, 0.3) is 5.91 Å². The van der Waals surface area contributed by atoms with Gasteiger partial charge in [0.05, 0.1) is 7.11 Å². The standard InChI is InChI=1S/C21H32N2O4S/c1-16-9-7-8-14-23(16)28(25,26)20-15-17(12-13-19(20)27-3)21(24)22(2)18-10-5-4-6-11-18/h12-13,15-16,18H,4-11,14H2,1-3H3. The minimum Gasteiger partial charge on any atom is -0.495 e. The zero-order chi connectivity index (χ0) is 20.3. The lowest BCUT2D eigenvalue weighted by Crippen LogP contribution is -2.42. The van der Waals surface area contributed by atoms with E-state index >= 15 is 0 Å². The van der Waals surface area contributed by atoms with Crippen LogP contribution in [0.2, 0.25) is 0 Å². The van der Waals surface area contributed by atoms with E-state index in [0.29, 0.717) is 12.1 Å². The molecule has 1 atom stereocenters. The average Bonchev–Trinajstić information content (AvgIpc) is 2.73. The number of carbonyl (C=O) groups excluding carboxylic acids is 1. The first kappa shape index (κ1) is 21.1. The second-order valence-electron chi connectivity index (χ2n) is 8.03. The molecule has 0 spiro atoms. The summed E-state index contributed by atoms with van der Waals surface area (Å²) in [5.74, 6) is 0.160. The summed E-state index contributed by atoms with van der Waals surface area (Å²) in [6, 6.07) is 4.94. The summed E-state index contributed by atoms with van der Waals surface area (Å²) < 4.78 is 33.6. The van der Waals surface area contributed by atoms with Gasteiger partial charge in [-0.1, -0.05) is 25.7 Å². The van der Waals surface area contributed by atoms with Gasteiger partial charge in [0, 0.05) is 31.2 Å². The van der Waals surface area contributed by atoms with Crippen molar-refractivity contribution in [1.29, 1.82) is 0 Å². The summed E-state index contributed by atoms with van der Waals surface area (Å²) >= 11 is 0. The molecule has 6 nitrogen and oxygen atoms in total. The van der Waals surface area contributed by atoms with E-state index in [1.54, 1.807) is 21.3 Å². The number of hydrogen-bond donors (Lipinski definition) is 0. The molecule has 7 heteroatoms. The Morgan fingerprint density at radius 1 is 1.11 bits per heavy atom. The molecule has 0 N–H and O–H groups in total. The number of methoxy groups -OCH3 is 1. The van der Waals surface area contributed by atoms with Gasteiger partial charge in [-0.2, -0.15) is 4.31 Å². The van der Waals surface area contributed by atoms with Crippen LogP contribution in [0.25, 0.3) is 0 Å². The Morgan fingerprint density at radius 2 is 1.79 bits per heavy atom. The Labute approximate surface area is 168 Å². The molecule has 3 rings (SSSR count). The predicted molar refractivity (Wildman–Crippen MR) is 109 cm³/mol. The Kier molecular flexibility index (Phi) is 6.65. The molecule has 1 aromatic rings. The molecule has 1 aliphatic heterocycles. The molecule has 2 fully saturated rings. The van der Waals surface area contributed by atoms with Crippen LogP contribution >= 0.6 is 0 Å². The lowest BCUT2D eigenvalue weighted by molar-refractivity contribution is 0.0696. The zero-order valence-electron chi connectivity index (χ0n) is 17.2. The van der Waals surface area contributed by atoms with Crippen LogP contribution in [0.4, 0.5) is 0 Å².